The van der Waals surface area contributed by atoms with Crippen molar-refractivity contribution in [2.45, 2.75) is 19.9 Å². The third-order valence-corrected chi connectivity index (χ3v) is 4.29. The van der Waals surface area contributed by atoms with Gasteiger partial charge in [-0.15, -0.1) is 0 Å². The third kappa shape index (κ3) is 2.73. The third-order valence-electron chi connectivity index (χ3n) is 3.30. The Bertz CT molecular complexity index is 622. The van der Waals surface area contributed by atoms with Crippen molar-refractivity contribution in [1.29, 1.82) is 0 Å². The van der Waals surface area contributed by atoms with E-state index in [2.05, 4.69) is 42.3 Å². The fourth-order valence-electron chi connectivity index (χ4n) is 2.08. The normalized spacial score (nSPS) is 18.9. The fraction of sp³-hybridized carbons (Fsp3) is 0.333. The van der Waals surface area contributed by atoms with Gasteiger partial charge >= 0.3 is 0 Å². The van der Waals surface area contributed by atoms with E-state index in [0.717, 1.165) is 27.5 Å². The lowest BCUT2D eigenvalue weighted by Crippen LogP contribution is -2.12. The zero-order chi connectivity index (χ0) is 13.2. The van der Waals surface area contributed by atoms with Crippen molar-refractivity contribution in [3.63, 3.8) is 0 Å². The number of amidine groups is 1. The van der Waals surface area contributed by atoms with E-state index < -0.39 is 0 Å². The van der Waals surface area contributed by atoms with E-state index in [4.69, 9.17) is 4.99 Å². The monoisotopic (exact) mass is 271 g/mol. The Morgan fingerprint density at radius 2 is 2.21 bits per heavy atom. The molecule has 4 heteroatoms. The number of hydrogen-bond acceptors (Lipinski definition) is 4. The van der Waals surface area contributed by atoms with Crippen LogP contribution in [0.1, 0.15) is 13.8 Å². The Labute approximate surface area is 117 Å². The number of thioether (sulfide) groups is 1. The first-order valence-electron chi connectivity index (χ1n) is 6.55. The van der Waals surface area contributed by atoms with Crippen molar-refractivity contribution in [3.8, 4) is 0 Å². The van der Waals surface area contributed by atoms with Crippen LogP contribution in [-0.2, 0) is 0 Å². The summed E-state index contributed by atoms with van der Waals surface area (Å²) in [6, 6.07) is 10.7. The van der Waals surface area contributed by atoms with Gasteiger partial charge in [0.1, 0.15) is 0 Å². The number of hydrogen-bond donors (Lipinski definition) is 1. The predicted octanol–water partition coefficient (Wildman–Crippen LogP) is 3.77. The van der Waals surface area contributed by atoms with Gasteiger partial charge in [-0.05, 0) is 30.2 Å². The molecule has 2 heterocycles. The molecule has 98 valence electrons. The summed E-state index contributed by atoms with van der Waals surface area (Å²) in [4.78, 5) is 9.04. The zero-order valence-corrected chi connectivity index (χ0v) is 11.9. The maximum Gasteiger partial charge on any atom is 0.161 e. The van der Waals surface area contributed by atoms with Crippen LogP contribution in [0.3, 0.4) is 0 Å². The van der Waals surface area contributed by atoms with Crippen LogP contribution in [0.2, 0.25) is 0 Å². The van der Waals surface area contributed by atoms with E-state index in [1.807, 2.05) is 18.3 Å². The number of fused-ring (bicyclic) bond motifs is 1. The Hall–Kier alpha value is -1.55. The number of nitrogens with one attached hydrogen (secondary N) is 1. The highest BCUT2D eigenvalue weighted by Gasteiger charge is 2.20. The van der Waals surface area contributed by atoms with Crippen LogP contribution < -0.4 is 5.32 Å². The number of anilines is 1. The highest BCUT2D eigenvalue weighted by atomic mass is 32.2. The first-order chi connectivity index (χ1) is 9.22. The molecule has 19 heavy (non-hydrogen) atoms. The molecule has 0 aliphatic carbocycles. The molecule has 0 fully saturated rings. The summed E-state index contributed by atoms with van der Waals surface area (Å²) in [6.07, 6.45) is 1.82. The molecule has 1 N–H and O–H groups in total. The highest BCUT2D eigenvalue weighted by Crippen LogP contribution is 2.25. The van der Waals surface area contributed by atoms with Crippen molar-refractivity contribution in [2.75, 3.05) is 11.1 Å². The van der Waals surface area contributed by atoms with Crippen molar-refractivity contribution in [3.05, 3.63) is 36.5 Å². The van der Waals surface area contributed by atoms with Crippen LogP contribution in [0, 0.1) is 5.92 Å². The minimum Gasteiger partial charge on any atom is -0.335 e. The second kappa shape index (κ2) is 5.21. The summed E-state index contributed by atoms with van der Waals surface area (Å²) < 4.78 is 0. The fourth-order valence-corrected chi connectivity index (χ4v) is 3.26. The lowest BCUT2D eigenvalue weighted by molar-refractivity contribution is 0.543. The van der Waals surface area contributed by atoms with Crippen molar-refractivity contribution in [1.82, 2.24) is 4.98 Å². The summed E-state index contributed by atoms with van der Waals surface area (Å²) in [5.41, 5.74) is 2.10. The Morgan fingerprint density at radius 1 is 1.32 bits per heavy atom. The van der Waals surface area contributed by atoms with Gasteiger partial charge in [-0.1, -0.05) is 31.7 Å². The zero-order valence-electron chi connectivity index (χ0n) is 11.1. The van der Waals surface area contributed by atoms with Crippen LogP contribution in [0.15, 0.2) is 41.5 Å². The van der Waals surface area contributed by atoms with Gasteiger partial charge in [0, 0.05) is 23.0 Å². The van der Waals surface area contributed by atoms with Gasteiger partial charge in [0.25, 0.3) is 0 Å². The molecule has 0 radical (unpaired) electrons. The van der Waals surface area contributed by atoms with E-state index in [1.165, 1.54) is 0 Å². The minimum atomic E-state index is 0.439. The van der Waals surface area contributed by atoms with E-state index in [0.29, 0.717) is 12.0 Å². The second-order valence-corrected chi connectivity index (χ2v) is 6.10. The summed E-state index contributed by atoms with van der Waals surface area (Å²) >= 11 is 1.80. The molecule has 1 aliphatic heterocycles. The number of pyridine rings is 1. The van der Waals surface area contributed by atoms with Crippen LogP contribution in [0.25, 0.3) is 10.9 Å². The summed E-state index contributed by atoms with van der Waals surface area (Å²) in [5.74, 6) is 1.68. The number of nitrogens with zero attached hydrogens (tertiary/aromatic N) is 2. The molecule has 1 atom stereocenters. The smallest absolute Gasteiger partial charge is 0.161 e. The second-order valence-electron chi connectivity index (χ2n) is 5.09. The Balaban J connectivity index is 1.80. The van der Waals surface area contributed by atoms with E-state index >= 15 is 0 Å². The lowest BCUT2D eigenvalue weighted by atomic mass is 10.1. The SMILES string of the molecule is CC(C)[C@H]1CSC(Nc2ccc3ncccc3c2)=N1. The molecule has 2 aromatic rings. The van der Waals surface area contributed by atoms with Gasteiger partial charge in [-0.25, -0.2) is 0 Å². The molecular formula is C15H17N3S. The van der Waals surface area contributed by atoms with Crippen molar-refractivity contribution in [2.24, 2.45) is 10.9 Å². The average Bonchev–Trinajstić information content (AvgIpc) is 2.87. The van der Waals surface area contributed by atoms with E-state index in [1.54, 1.807) is 11.8 Å². The number of aromatic nitrogens is 1. The van der Waals surface area contributed by atoms with E-state index in [9.17, 15) is 0 Å². The standard InChI is InChI=1S/C15H17N3S/c1-10(2)14-9-19-15(18-14)17-12-5-6-13-11(8-12)4-3-7-16-13/h3-8,10,14H,9H2,1-2H3,(H,17,18)/t14-/m1/s1. The summed E-state index contributed by atoms with van der Waals surface area (Å²) in [7, 11) is 0. The van der Waals surface area contributed by atoms with Gasteiger partial charge < -0.3 is 5.32 Å². The lowest BCUT2D eigenvalue weighted by Gasteiger charge is -2.08. The first-order valence-corrected chi connectivity index (χ1v) is 7.53. The van der Waals surface area contributed by atoms with Crippen molar-refractivity contribution >= 4 is 33.5 Å². The minimum absolute atomic E-state index is 0.439. The maximum atomic E-state index is 4.72. The van der Waals surface area contributed by atoms with Gasteiger partial charge in [-0.2, -0.15) is 0 Å². The largest absolute Gasteiger partial charge is 0.335 e. The van der Waals surface area contributed by atoms with Gasteiger partial charge in [0.05, 0.1) is 11.6 Å². The predicted molar refractivity (Wildman–Crippen MR) is 83.9 cm³/mol. The molecule has 0 bridgehead atoms. The molecule has 3 rings (SSSR count). The molecule has 3 nitrogen and oxygen atoms in total. The maximum absolute atomic E-state index is 4.72. The first kappa shape index (κ1) is 12.5. The highest BCUT2D eigenvalue weighted by molar-refractivity contribution is 8.14. The molecule has 0 saturated carbocycles. The van der Waals surface area contributed by atoms with Gasteiger partial charge in [0.2, 0.25) is 0 Å². The summed E-state index contributed by atoms with van der Waals surface area (Å²) in [6.45, 7) is 4.44. The molecule has 1 aliphatic rings. The van der Waals surface area contributed by atoms with Crippen LogP contribution in [-0.4, -0.2) is 21.9 Å². The molecule has 1 aromatic heterocycles. The summed E-state index contributed by atoms with van der Waals surface area (Å²) in [5, 5.41) is 5.58. The number of aliphatic imine (C=N–C) groups is 1. The van der Waals surface area contributed by atoms with Crippen LogP contribution in [0.5, 0.6) is 0 Å². The van der Waals surface area contributed by atoms with E-state index in [-0.39, 0.29) is 0 Å². The number of rotatable bonds is 2. The van der Waals surface area contributed by atoms with Gasteiger partial charge in [0.15, 0.2) is 5.17 Å². The van der Waals surface area contributed by atoms with Crippen LogP contribution in [0.4, 0.5) is 5.69 Å². The topological polar surface area (TPSA) is 37.3 Å². The average molecular weight is 271 g/mol. The van der Waals surface area contributed by atoms with Crippen LogP contribution >= 0.6 is 11.8 Å². The number of benzene rings is 1. The molecule has 0 amide bonds. The molecular weight excluding hydrogens is 254 g/mol. The molecule has 1 aromatic carbocycles. The Kier molecular flexibility index (Phi) is 3.42. The molecule has 0 unspecified atom stereocenters. The quantitative estimate of drug-likeness (QED) is 0.903. The molecule has 0 saturated heterocycles. The van der Waals surface area contributed by atoms with Crippen molar-refractivity contribution < 1.29 is 0 Å². The van der Waals surface area contributed by atoms with Gasteiger partial charge in [-0.3, -0.25) is 9.98 Å². The Morgan fingerprint density at radius 3 is 3.00 bits per heavy atom. The molecule has 0 spiro atoms.